The molecular formula is C58H78F5N7O8S3. The van der Waals surface area contributed by atoms with Gasteiger partial charge in [0, 0.05) is 112 Å². The van der Waals surface area contributed by atoms with Crippen LogP contribution in [0.4, 0.5) is 38.1 Å². The van der Waals surface area contributed by atoms with Crippen molar-refractivity contribution in [3.05, 3.63) is 89.5 Å². The van der Waals surface area contributed by atoms with Gasteiger partial charge in [0.1, 0.15) is 10.5 Å². The topological polar surface area (TPSA) is 178 Å². The molecule has 1 atom stereocenters. The number of piperazine rings is 2. The van der Waals surface area contributed by atoms with E-state index < -0.39 is 76.3 Å². The van der Waals surface area contributed by atoms with Crippen molar-refractivity contribution in [1.29, 1.82) is 0 Å². The van der Waals surface area contributed by atoms with Crippen LogP contribution >= 0.6 is 11.8 Å². The fourth-order valence-electron chi connectivity index (χ4n) is 12.1. The number of alkyl carbamates (subject to hydrolysis) is 1. The highest BCUT2D eigenvalue weighted by atomic mass is 32.2. The number of thioether (sulfide) groups is 1. The molecule has 3 saturated carbocycles. The van der Waals surface area contributed by atoms with Gasteiger partial charge in [0.2, 0.25) is 12.3 Å². The van der Waals surface area contributed by atoms with Gasteiger partial charge in [-0.3, -0.25) is 19.4 Å². The number of alkyl halides is 5. The lowest BCUT2D eigenvalue weighted by molar-refractivity contribution is -0.250. The van der Waals surface area contributed by atoms with Gasteiger partial charge in [-0.05, 0) is 144 Å². The summed E-state index contributed by atoms with van der Waals surface area (Å²) in [6.07, 6.45) is 4.78. The summed E-state index contributed by atoms with van der Waals surface area (Å²) < 4.78 is 132. The molecular weight excluding hydrogens is 1110 g/mol. The molecule has 0 aromatic heterocycles. The van der Waals surface area contributed by atoms with E-state index in [1.165, 1.54) is 35.0 Å². The average Bonchev–Trinajstić information content (AvgIpc) is 1.81. The van der Waals surface area contributed by atoms with E-state index in [0.717, 1.165) is 68.0 Å². The maximum Gasteiger partial charge on any atom is 0.501 e. The number of nitrogens with zero attached hydrogens (tertiary/aromatic N) is 4. The van der Waals surface area contributed by atoms with Gasteiger partial charge >= 0.3 is 11.6 Å². The van der Waals surface area contributed by atoms with E-state index in [-0.39, 0.29) is 22.3 Å². The van der Waals surface area contributed by atoms with Crippen molar-refractivity contribution in [3.63, 3.8) is 0 Å². The van der Waals surface area contributed by atoms with E-state index in [1.54, 1.807) is 37.8 Å². The van der Waals surface area contributed by atoms with Crippen molar-refractivity contribution in [2.45, 2.75) is 144 Å². The molecule has 2 heterocycles. The SMILES string of the molecule is CC1(C)CCC(CN2CCN(c3ccc(C(=O)NS(=O)(=O)c4ccc(N[C@H](CCN5CCN(C(=O)CCCCCNC(=O)OC(C)(C)C)CC5)CSc5ccccc5)c(S(=O)(=O)C(F)(F)F)c4)cc3)CC2)=C(C23CC(C(F)F)(C2)C3)C1. The Morgan fingerprint density at radius 2 is 1.46 bits per heavy atom. The molecule has 2 bridgehead atoms. The zero-order valence-electron chi connectivity index (χ0n) is 47.0. The number of benzene rings is 3. The first-order valence-corrected chi connectivity index (χ1v) is 32.0. The number of rotatable bonds is 23. The van der Waals surface area contributed by atoms with E-state index in [1.807, 2.05) is 35.1 Å². The quantitative estimate of drug-likeness (QED) is 0.0354. The molecule has 3 amide bonds. The second-order valence-electron chi connectivity index (χ2n) is 24.5. The minimum atomic E-state index is -6.14. The molecule has 0 unspecified atom stereocenters. The van der Waals surface area contributed by atoms with Crippen LogP contribution in [0.15, 0.2) is 98.6 Å². The molecule has 3 aromatic rings. The number of sulfone groups is 1. The van der Waals surface area contributed by atoms with Crippen LogP contribution in [-0.4, -0.2) is 151 Å². The van der Waals surface area contributed by atoms with Gasteiger partial charge in [-0.25, -0.2) is 35.1 Å². The largest absolute Gasteiger partial charge is 0.501 e. The summed E-state index contributed by atoms with van der Waals surface area (Å²) in [4.78, 5) is 45.6. The molecule has 0 radical (unpaired) electrons. The molecule has 2 aliphatic heterocycles. The van der Waals surface area contributed by atoms with Crippen molar-refractivity contribution < 1.29 is 57.9 Å². The first-order chi connectivity index (χ1) is 38.1. The lowest BCUT2D eigenvalue weighted by atomic mass is 9.32. The minimum Gasteiger partial charge on any atom is -0.444 e. The van der Waals surface area contributed by atoms with Gasteiger partial charge in [-0.1, -0.05) is 49.6 Å². The first-order valence-electron chi connectivity index (χ1n) is 28.1. The average molecular weight is 1190 g/mol. The second-order valence-corrected chi connectivity index (χ2v) is 29.1. The standard InChI is InChI=1S/C58H78F5N7O8S3/c1-54(2,3)78-53(73)64-24-11-7-10-14-50(71)70-32-26-67(27-33-70)25-22-43(37-79-45-12-8-6-9-13-45)65-48-20-19-46(34-49(48)80(74,75)58(61,62)63)81(76,77)66-51(72)41-15-17-44(18-16-41)69-30-28-68(29-31-69)36-42-21-23-55(4,5)35-47(42)56-38-57(39-56,40-56)52(59)60/h6,8-9,12-13,15-20,34,43,52,65H,7,10-11,14,21-33,35-40H2,1-5H3,(H,64,73)(H,66,72)/t43-,56?,57?/m1/s1. The van der Waals surface area contributed by atoms with Gasteiger partial charge in [-0.2, -0.15) is 13.2 Å². The number of carbonyl (C=O) groups excluding carboxylic acids is 3. The van der Waals surface area contributed by atoms with Gasteiger partial charge in [-0.15, -0.1) is 11.8 Å². The number of hydrogen-bond acceptors (Lipinski definition) is 13. The van der Waals surface area contributed by atoms with Crippen LogP contribution in [0, 0.1) is 16.2 Å². The van der Waals surface area contributed by atoms with Crippen molar-refractivity contribution in [2.24, 2.45) is 16.2 Å². The number of allylic oxidation sites excluding steroid dienone is 1. The fraction of sp³-hybridized carbons (Fsp3) is 0.603. The van der Waals surface area contributed by atoms with Crippen LogP contribution in [0.5, 0.6) is 0 Å². The monoisotopic (exact) mass is 1190 g/mol. The molecule has 9 rings (SSSR count). The zero-order chi connectivity index (χ0) is 58.6. The fourth-order valence-corrected chi connectivity index (χ4v) is 15.1. The minimum absolute atomic E-state index is 0.0207. The number of nitrogens with one attached hydrogen (secondary N) is 3. The van der Waals surface area contributed by atoms with Crippen LogP contribution < -0.4 is 20.3 Å². The Hall–Kier alpha value is -4.97. The van der Waals surface area contributed by atoms with E-state index in [2.05, 4.69) is 39.2 Å². The maximum atomic E-state index is 14.4. The Morgan fingerprint density at radius 3 is 2.09 bits per heavy atom. The number of sulfonamides is 1. The lowest BCUT2D eigenvalue weighted by Crippen LogP contribution is -2.66. The Bertz CT molecular complexity index is 2960. The van der Waals surface area contributed by atoms with Crippen LogP contribution in [0.3, 0.4) is 0 Å². The smallest absolute Gasteiger partial charge is 0.444 e. The molecule has 3 aromatic carbocycles. The molecule has 0 spiro atoms. The van der Waals surface area contributed by atoms with Gasteiger partial charge in [0.05, 0.1) is 10.6 Å². The Kier molecular flexibility index (Phi) is 19.2. The van der Waals surface area contributed by atoms with E-state index >= 15 is 0 Å². The third-order valence-corrected chi connectivity index (χ3v) is 20.6. The van der Waals surface area contributed by atoms with Gasteiger partial charge < -0.3 is 25.2 Å². The van der Waals surface area contributed by atoms with E-state index in [4.69, 9.17) is 4.74 Å². The van der Waals surface area contributed by atoms with Crippen molar-refractivity contribution >= 4 is 60.9 Å². The third kappa shape index (κ3) is 15.4. The summed E-state index contributed by atoms with van der Waals surface area (Å²) in [5, 5.41) is 5.72. The van der Waals surface area contributed by atoms with Crippen molar-refractivity contribution in [3.8, 4) is 0 Å². The van der Waals surface area contributed by atoms with E-state index in [0.29, 0.717) is 109 Å². The number of amides is 3. The summed E-state index contributed by atoms with van der Waals surface area (Å²) in [6, 6.07) is 17.2. The summed E-state index contributed by atoms with van der Waals surface area (Å²) in [6.45, 7) is 16.5. The Morgan fingerprint density at radius 1 is 0.802 bits per heavy atom. The third-order valence-electron chi connectivity index (χ3n) is 16.5. The van der Waals surface area contributed by atoms with Crippen LogP contribution in [0.2, 0.25) is 0 Å². The summed E-state index contributed by atoms with van der Waals surface area (Å²) in [5.74, 6) is -0.756. The molecule has 6 aliphatic rings. The maximum absolute atomic E-state index is 14.4. The van der Waals surface area contributed by atoms with Crippen LogP contribution in [-0.2, 0) is 29.4 Å². The van der Waals surface area contributed by atoms with Gasteiger partial charge in [0.25, 0.3) is 25.8 Å². The predicted octanol–water partition coefficient (Wildman–Crippen LogP) is 10.4. The van der Waals surface area contributed by atoms with E-state index in [9.17, 15) is 53.2 Å². The normalized spacial score (nSPS) is 22.2. The number of halogens is 5. The highest BCUT2D eigenvalue weighted by molar-refractivity contribution is 7.99. The Balaban J connectivity index is 0.863. The highest BCUT2D eigenvalue weighted by Gasteiger charge is 2.73. The van der Waals surface area contributed by atoms with Crippen LogP contribution in [0.25, 0.3) is 0 Å². The predicted molar refractivity (Wildman–Crippen MR) is 304 cm³/mol. The number of ether oxygens (including phenoxy) is 1. The number of carbonyl (C=O) groups is 3. The molecule has 3 N–H and O–H groups in total. The highest BCUT2D eigenvalue weighted by Crippen LogP contribution is 2.79. The lowest BCUT2D eigenvalue weighted by Gasteiger charge is -2.72. The summed E-state index contributed by atoms with van der Waals surface area (Å²) in [5.41, 5.74) is -4.00. The van der Waals surface area contributed by atoms with Gasteiger partial charge in [0.15, 0.2) is 0 Å². The molecule has 2 saturated heterocycles. The summed E-state index contributed by atoms with van der Waals surface area (Å²) >= 11 is 1.41. The molecule has 23 heteroatoms. The van der Waals surface area contributed by atoms with Crippen molar-refractivity contribution in [2.75, 3.05) is 88.0 Å². The zero-order valence-corrected chi connectivity index (χ0v) is 49.5. The second kappa shape index (κ2) is 25.1. The number of hydrogen-bond donors (Lipinski definition) is 3. The molecule has 81 heavy (non-hydrogen) atoms. The number of anilines is 2. The molecule has 5 fully saturated rings. The molecule has 15 nitrogen and oxygen atoms in total. The number of unbranched alkanes of at least 4 members (excludes halogenated alkanes) is 2. The van der Waals surface area contributed by atoms with Crippen LogP contribution in [0.1, 0.15) is 116 Å². The first kappa shape index (κ1) is 62.1. The Labute approximate surface area is 478 Å². The van der Waals surface area contributed by atoms with Crippen molar-refractivity contribution in [1.82, 2.24) is 24.7 Å². The summed E-state index contributed by atoms with van der Waals surface area (Å²) in [7, 11) is -11.1. The molecule has 446 valence electrons. The molecule has 4 aliphatic carbocycles.